The first-order valence-electron chi connectivity index (χ1n) is 10.4. The van der Waals surface area contributed by atoms with Gasteiger partial charge in [0.2, 0.25) is 11.7 Å². The minimum absolute atomic E-state index is 0.0276. The van der Waals surface area contributed by atoms with E-state index in [2.05, 4.69) is 5.32 Å². The number of furan rings is 1. The van der Waals surface area contributed by atoms with Gasteiger partial charge >= 0.3 is 30.1 Å². The first-order valence-corrected chi connectivity index (χ1v) is 10.4. The van der Waals surface area contributed by atoms with Gasteiger partial charge in [-0.25, -0.2) is 18.8 Å². The van der Waals surface area contributed by atoms with Crippen molar-refractivity contribution in [3.05, 3.63) is 53.2 Å². The number of amides is 1. The molecule has 0 fully saturated rings. The molecule has 39 heavy (non-hydrogen) atoms. The van der Waals surface area contributed by atoms with Crippen LogP contribution in [0.15, 0.2) is 34.7 Å². The highest BCUT2D eigenvalue weighted by molar-refractivity contribution is 5.95. The Bertz CT molecular complexity index is 1260. The third-order valence-corrected chi connectivity index (χ3v) is 4.50. The molecule has 0 radical (unpaired) electrons. The van der Waals surface area contributed by atoms with Crippen LogP contribution >= 0.6 is 0 Å². The summed E-state index contributed by atoms with van der Waals surface area (Å²) in [5.74, 6) is -9.89. The fourth-order valence-corrected chi connectivity index (χ4v) is 2.58. The molecule has 0 aliphatic rings. The molecule has 0 saturated carbocycles. The van der Waals surface area contributed by atoms with Crippen LogP contribution in [-0.2, 0) is 25.6 Å². The molecule has 212 valence electrons. The van der Waals surface area contributed by atoms with Crippen molar-refractivity contribution in [1.82, 2.24) is 5.32 Å². The van der Waals surface area contributed by atoms with Gasteiger partial charge in [-0.15, -0.1) is 0 Å². The van der Waals surface area contributed by atoms with E-state index < -0.39 is 65.9 Å². The molecule has 2 atom stereocenters. The molecule has 0 saturated heterocycles. The summed E-state index contributed by atoms with van der Waals surface area (Å²) >= 11 is 0. The predicted octanol–water partition coefficient (Wildman–Crippen LogP) is 1.78. The van der Waals surface area contributed by atoms with E-state index in [1.165, 1.54) is 25.1 Å². The summed E-state index contributed by atoms with van der Waals surface area (Å²) in [6.07, 6.45) is -5.89. The lowest BCUT2D eigenvalue weighted by Gasteiger charge is -2.15. The van der Waals surface area contributed by atoms with Crippen LogP contribution in [0.2, 0.25) is 0 Å². The summed E-state index contributed by atoms with van der Waals surface area (Å²) in [5.41, 5.74) is 5.38. The summed E-state index contributed by atoms with van der Waals surface area (Å²) < 4.78 is 56.0. The van der Waals surface area contributed by atoms with Crippen LogP contribution in [0, 0.1) is 17.1 Å². The molecule has 2 aromatic rings. The average molecular weight is 563 g/mol. The Labute approximate surface area is 215 Å². The maximum atomic E-state index is 14.0. The Morgan fingerprint density at radius 1 is 1.10 bits per heavy atom. The number of carboxylic acid groups (broad SMARTS) is 3. The lowest BCUT2D eigenvalue weighted by Crippen LogP contribution is -2.44. The molecular weight excluding hydrogens is 542 g/mol. The zero-order chi connectivity index (χ0) is 30.1. The van der Waals surface area contributed by atoms with Crippen LogP contribution in [0.25, 0.3) is 0 Å². The highest BCUT2D eigenvalue weighted by atomic mass is 19.4. The van der Waals surface area contributed by atoms with E-state index in [4.69, 9.17) is 40.4 Å². The van der Waals surface area contributed by atoms with Crippen LogP contribution in [-0.4, -0.2) is 63.2 Å². The molecular formula is C22H21F4N3O10. The van der Waals surface area contributed by atoms with Crippen LogP contribution in [0.4, 0.5) is 17.6 Å². The molecule has 0 bridgehead atoms. The average Bonchev–Trinajstić information content (AvgIpc) is 3.27. The van der Waals surface area contributed by atoms with Gasteiger partial charge in [-0.3, -0.25) is 15.0 Å². The van der Waals surface area contributed by atoms with E-state index >= 15 is 0 Å². The van der Waals surface area contributed by atoms with E-state index in [-0.39, 0.29) is 29.3 Å². The molecule has 1 aromatic carbocycles. The fraction of sp³-hybridized carbons (Fsp3) is 0.273. The molecule has 1 unspecified atom stereocenters. The number of carbonyl (C=O) groups excluding carboxylic acids is 2. The van der Waals surface area contributed by atoms with Gasteiger partial charge in [0.15, 0.2) is 11.6 Å². The van der Waals surface area contributed by atoms with Crippen molar-refractivity contribution < 1.29 is 66.0 Å². The number of nitrogen functional groups attached to an aromatic ring is 1. The van der Waals surface area contributed by atoms with Gasteiger partial charge in [-0.1, -0.05) is 6.92 Å². The van der Waals surface area contributed by atoms with Crippen molar-refractivity contribution in [2.75, 3.05) is 0 Å². The SMILES string of the molecule is CC(Cc1ccc(C(=O)Oc2ccc(C(=N)N)cc2F)o1)C(=O)N[C@H](CC(=O)O)C(=O)O.O=C(O)C(F)(F)F. The number of aliphatic carboxylic acids is 3. The zero-order valence-corrected chi connectivity index (χ0v) is 19.7. The zero-order valence-electron chi connectivity index (χ0n) is 19.7. The summed E-state index contributed by atoms with van der Waals surface area (Å²) in [5, 5.41) is 34.2. The van der Waals surface area contributed by atoms with Crippen molar-refractivity contribution in [1.29, 1.82) is 5.41 Å². The fourth-order valence-electron chi connectivity index (χ4n) is 2.58. The van der Waals surface area contributed by atoms with Crippen molar-refractivity contribution in [3.8, 4) is 5.75 Å². The quantitative estimate of drug-likeness (QED) is 0.0802. The summed E-state index contributed by atoms with van der Waals surface area (Å²) in [4.78, 5) is 55.0. The third-order valence-electron chi connectivity index (χ3n) is 4.50. The largest absolute Gasteiger partial charge is 0.490 e. The van der Waals surface area contributed by atoms with Crippen molar-refractivity contribution in [2.45, 2.75) is 32.0 Å². The number of hydrogen-bond donors (Lipinski definition) is 6. The number of nitrogens with two attached hydrogens (primary N) is 1. The first kappa shape index (κ1) is 32.1. The number of esters is 1. The molecule has 0 aliphatic carbocycles. The number of hydrogen-bond acceptors (Lipinski definition) is 8. The molecule has 0 spiro atoms. The number of alkyl halides is 3. The molecule has 7 N–H and O–H groups in total. The van der Waals surface area contributed by atoms with E-state index in [0.29, 0.717) is 0 Å². The second kappa shape index (κ2) is 13.5. The van der Waals surface area contributed by atoms with E-state index in [0.717, 1.165) is 12.1 Å². The number of halogens is 4. The van der Waals surface area contributed by atoms with E-state index in [9.17, 15) is 36.7 Å². The standard InChI is InChI=1S/C20H20FN3O8.C2HF3O2/c1-9(18(27)24-13(19(28)29)8-16(25)26)6-11-3-5-15(31-11)20(30)32-14-4-2-10(17(22)23)7-12(14)21;3-2(4,5)1(6)7/h2-5,7,9,13H,6,8H2,1H3,(H3,22,23)(H,24,27)(H,25,26)(H,28,29);(H,6,7)/t9?,13-;/m1./s1. The van der Waals surface area contributed by atoms with Gasteiger partial charge in [0.1, 0.15) is 17.6 Å². The molecule has 1 heterocycles. The third kappa shape index (κ3) is 10.5. The monoisotopic (exact) mass is 563 g/mol. The Kier molecular flexibility index (Phi) is 11.1. The van der Waals surface area contributed by atoms with Crippen molar-refractivity contribution in [2.24, 2.45) is 11.7 Å². The topological polar surface area (TPSA) is 230 Å². The number of benzene rings is 1. The Balaban J connectivity index is 0.000000956. The summed E-state index contributed by atoms with van der Waals surface area (Å²) in [6.45, 7) is 1.46. The minimum atomic E-state index is -5.08. The second-order valence-electron chi connectivity index (χ2n) is 7.62. The predicted molar refractivity (Wildman–Crippen MR) is 119 cm³/mol. The Morgan fingerprint density at radius 2 is 1.69 bits per heavy atom. The highest BCUT2D eigenvalue weighted by Gasteiger charge is 2.38. The van der Waals surface area contributed by atoms with Crippen LogP contribution in [0.5, 0.6) is 5.75 Å². The number of rotatable bonds is 10. The lowest BCUT2D eigenvalue weighted by molar-refractivity contribution is -0.192. The Hall–Kier alpha value is -4.96. The number of carboxylic acids is 3. The smallest absolute Gasteiger partial charge is 0.481 e. The van der Waals surface area contributed by atoms with E-state index in [1.807, 2.05) is 0 Å². The number of nitrogens with one attached hydrogen (secondary N) is 2. The van der Waals surface area contributed by atoms with Gasteiger partial charge in [-0.2, -0.15) is 13.2 Å². The number of carbonyl (C=O) groups is 5. The second-order valence-corrected chi connectivity index (χ2v) is 7.62. The molecule has 1 aromatic heterocycles. The van der Waals surface area contributed by atoms with E-state index in [1.54, 1.807) is 0 Å². The van der Waals surface area contributed by atoms with Crippen LogP contribution in [0.3, 0.4) is 0 Å². The van der Waals surface area contributed by atoms with Gasteiger partial charge in [0.25, 0.3) is 0 Å². The molecule has 0 aliphatic heterocycles. The van der Waals surface area contributed by atoms with Gasteiger partial charge in [0, 0.05) is 17.9 Å². The van der Waals surface area contributed by atoms with Gasteiger partial charge < -0.3 is 35.5 Å². The van der Waals surface area contributed by atoms with Crippen LogP contribution in [0.1, 0.15) is 35.2 Å². The van der Waals surface area contributed by atoms with Gasteiger partial charge in [0.05, 0.1) is 6.42 Å². The van der Waals surface area contributed by atoms with Crippen molar-refractivity contribution >= 4 is 35.6 Å². The maximum Gasteiger partial charge on any atom is 0.490 e. The lowest BCUT2D eigenvalue weighted by atomic mass is 10.0. The molecule has 2 rings (SSSR count). The van der Waals surface area contributed by atoms with Crippen molar-refractivity contribution in [3.63, 3.8) is 0 Å². The minimum Gasteiger partial charge on any atom is -0.481 e. The molecule has 1 amide bonds. The number of amidine groups is 1. The molecule has 13 nitrogen and oxygen atoms in total. The first-order chi connectivity index (χ1) is 17.9. The van der Waals surface area contributed by atoms with Gasteiger partial charge in [-0.05, 0) is 30.3 Å². The van der Waals surface area contributed by atoms with Crippen LogP contribution < -0.4 is 15.8 Å². The maximum absolute atomic E-state index is 14.0. The Morgan fingerprint density at radius 3 is 2.15 bits per heavy atom. The number of ether oxygens (including phenoxy) is 1. The highest BCUT2D eigenvalue weighted by Crippen LogP contribution is 2.21. The normalized spacial score (nSPS) is 12.2. The summed E-state index contributed by atoms with van der Waals surface area (Å²) in [7, 11) is 0. The summed E-state index contributed by atoms with van der Waals surface area (Å²) in [6, 6.07) is 4.44. The molecule has 17 heteroatoms.